The lowest BCUT2D eigenvalue weighted by atomic mass is 10.00. The Morgan fingerprint density at radius 1 is 1.30 bits per heavy atom. The normalized spacial score (nSPS) is 15.7. The van der Waals surface area contributed by atoms with E-state index in [9.17, 15) is 9.90 Å². The fraction of sp³-hybridized carbons (Fsp3) is 0.375. The summed E-state index contributed by atoms with van der Waals surface area (Å²) in [5.41, 5.74) is 2.15. The second-order valence-corrected chi connectivity index (χ2v) is 5.50. The zero-order chi connectivity index (χ0) is 14.1. The number of nitrogens with zero attached hydrogens (tertiary/aromatic N) is 1. The van der Waals surface area contributed by atoms with Gasteiger partial charge in [0.2, 0.25) is 5.88 Å². The van der Waals surface area contributed by atoms with E-state index >= 15 is 0 Å². The summed E-state index contributed by atoms with van der Waals surface area (Å²) < 4.78 is 0. The summed E-state index contributed by atoms with van der Waals surface area (Å²) in [5.74, 6) is 0.466. The van der Waals surface area contributed by atoms with E-state index in [1.54, 1.807) is 0 Å². The molecule has 104 valence electrons. The van der Waals surface area contributed by atoms with E-state index in [1.165, 1.54) is 0 Å². The maximum Gasteiger partial charge on any atom is 0.258 e. The number of aromatic amines is 1. The van der Waals surface area contributed by atoms with Crippen molar-refractivity contribution in [2.75, 3.05) is 0 Å². The van der Waals surface area contributed by atoms with E-state index < -0.39 is 0 Å². The van der Waals surface area contributed by atoms with Gasteiger partial charge >= 0.3 is 0 Å². The Bertz CT molecular complexity index is 685. The van der Waals surface area contributed by atoms with Gasteiger partial charge in [0.05, 0.1) is 5.56 Å². The van der Waals surface area contributed by atoms with Crippen LogP contribution >= 0.6 is 0 Å². The van der Waals surface area contributed by atoms with Gasteiger partial charge in [0.15, 0.2) is 0 Å². The Labute approximate surface area is 117 Å². The lowest BCUT2D eigenvalue weighted by molar-refractivity contribution is 0.436. The number of aromatic hydroxyl groups is 1. The molecule has 4 heteroatoms. The van der Waals surface area contributed by atoms with Crippen LogP contribution in [-0.4, -0.2) is 15.1 Å². The van der Waals surface area contributed by atoms with Crippen molar-refractivity contribution in [1.82, 2.24) is 9.97 Å². The molecule has 0 radical (unpaired) electrons. The van der Waals surface area contributed by atoms with Crippen molar-refractivity contribution in [3.8, 4) is 17.3 Å². The van der Waals surface area contributed by atoms with E-state index in [0.29, 0.717) is 11.4 Å². The summed E-state index contributed by atoms with van der Waals surface area (Å²) in [4.78, 5) is 19.3. The summed E-state index contributed by atoms with van der Waals surface area (Å²) in [6, 6.07) is 7.70. The van der Waals surface area contributed by atoms with E-state index in [1.807, 2.05) is 31.2 Å². The van der Waals surface area contributed by atoms with Crippen LogP contribution in [0.1, 0.15) is 42.7 Å². The molecule has 0 aliphatic heterocycles. The average molecular weight is 270 g/mol. The zero-order valence-electron chi connectivity index (χ0n) is 11.5. The van der Waals surface area contributed by atoms with Gasteiger partial charge in [-0.25, -0.2) is 0 Å². The van der Waals surface area contributed by atoms with Gasteiger partial charge in [0.1, 0.15) is 5.82 Å². The first kappa shape index (κ1) is 12.9. The van der Waals surface area contributed by atoms with Gasteiger partial charge in [0, 0.05) is 5.56 Å². The van der Waals surface area contributed by atoms with Crippen LogP contribution in [0.4, 0.5) is 0 Å². The molecule has 0 atom stereocenters. The molecule has 4 nitrogen and oxygen atoms in total. The van der Waals surface area contributed by atoms with E-state index in [4.69, 9.17) is 0 Å². The molecule has 1 fully saturated rings. The Hall–Kier alpha value is -2.10. The summed E-state index contributed by atoms with van der Waals surface area (Å²) in [6.45, 7) is 1.98. The van der Waals surface area contributed by atoms with Crippen molar-refractivity contribution in [2.24, 2.45) is 0 Å². The molecule has 20 heavy (non-hydrogen) atoms. The molecule has 1 saturated carbocycles. The van der Waals surface area contributed by atoms with Gasteiger partial charge in [-0.2, -0.15) is 4.98 Å². The van der Waals surface area contributed by atoms with E-state index in [-0.39, 0.29) is 17.4 Å². The number of aryl methyl sites for hydroxylation is 1. The second-order valence-electron chi connectivity index (χ2n) is 5.50. The highest BCUT2D eigenvalue weighted by molar-refractivity contribution is 5.56. The number of benzene rings is 1. The zero-order valence-corrected chi connectivity index (χ0v) is 11.5. The average Bonchev–Trinajstić information content (AvgIpc) is 2.91. The third-order valence-corrected chi connectivity index (χ3v) is 3.99. The SMILES string of the molecule is Cc1cccc(-c2nc(O)c(C3CCCC3)c(=O)[nH]2)c1. The minimum absolute atomic E-state index is 0.114. The van der Waals surface area contributed by atoms with Crippen molar-refractivity contribution in [1.29, 1.82) is 0 Å². The maximum atomic E-state index is 12.3. The molecule has 0 amide bonds. The largest absolute Gasteiger partial charge is 0.493 e. The molecular formula is C16H18N2O2. The highest BCUT2D eigenvalue weighted by Crippen LogP contribution is 2.35. The molecule has 0 spiro atoms. The van der Waals surface area contributed by atoms with Crippen molar-refractivity contribution in [2.45, 2.75) is 38.5 Å². The summed E-state index contributed by atoms with van der Waals surface area (Å²) >= 11 is 0. The highest BCUT2D eigenvalue weighted by Gasteiger charge is 2.24. The molecule has 0 unspecified atom stereocenters. The molecule has 1 aromatic carbocycles. The van der Waals surface area contributed by atoms with Crippen molar-refractivity contribution < 1.29 is 5.11 Å². The van der Waals surface area contributed by atoms with Crippen molar-refractivity contribution in [3.05, 3.63) is 45.7 Å². The van der Waals surface area contributed by atoms with Crippen LogP contribution in [0.5, 0.6) is 5.88 Å². The molecule has 1 aliphatic rings. The quantitative estimate of drug-likeness (QED) is 0.881. The number of H-pyrrole nitrogens is 1. The van der Waals surface area contributed by atoms with Crippen LogP contribution in [0.2, 0.25) is 0 Å². The molecule has 2 N–H and O–H groups in total. The molecule has 1 heterocycles. The molecule has 2 aromatic rings. The number of hydrogen-bond donors (Lipinski definition) is 2. The lowest BCUT2D eigenvalue weighted by Gasteiger charge is -2.11. The number of hydrogen-bond acceptors (Lipinski definition) is 3. The fourth-order valence-electron chi connectivity index (χ4n) is 2.98. The third-order valence-electron chi connectivity index (χ3n) is 3.99. The van der Waals surface area contributed by atoms with Gasteiger partial charge in [-0.1, -0.05) is 36.6 Å². The molecular weight excluding hydrogens is 252 g/mol. The number of rotatable bonds is 2. The Kier molecular flexibility index (Phi) is 3.30. The van der Waals surface area contributed by atoms with Crippen molar-refractivity contribution >= 4 is 0 Å². The van der Waals surface area contributed by atoms with Crippen LogP contribution in [0.3, 0.4) is 0 Å². The maximum absolute atomic E-state index is 12.3. The van der Waals surface area contributed by atoms with Crippen molar-refractivity contribution in [3.63, 3.8) is 0 Å². The van der Waals surface area contributed by atoms with Crippen LogP contribution in [0.15, 0.2) is 29.1 Å². The minimum Gasteiger partial charge on any atom is -0.493 e. The topological polar surface area (TPSA) is 66.0 Å². The highest BCUT2D eigenvalue weighted by atomic mass is 16.3. The van der Waals surface area contributed by atoms with Crippen LogP contribution in [0, 0.1) is 6.92 Å². The summed E-state index contributed by atoms with van der Waals surface area (Å²) in [7, 11) is 0. The second kappa shape index (κ2) is 5.12. The van der Waals surface area contributed by atoms with Gasteiger partial charge in [-0.05, 0) is 31.7 Å². The Morgan fingerprint density at radius 3 is 2.70 bits per heavy atom. The van der Waals surface area contributed by atoms with Gasteiger partial charge < -0.3 is 10.1 Å². The predicted octanol–water partition coefficient (Wildman–Crippen LogP) is 3.11. The first-order chi connectivity index (χ1) is 9.65. The van der Waals surface area contributed by atoms with E-state index in [2.05, 4.69) is 9.97 Å². The first-order valence-corrected chi connectivity index (χ1v) is 7.05. The molecule has 1 aliphatic carbocycles. The van der Waals surface area contributed by atoms with Crippen LogP contribution in [-0.2, 0) is 0 Å². The van der Waals surface area contributed by atoms with Gasteiger partial charge in [-0.3, -0.25) is 4.79 Å². The molecule has 3 rings (SSSR count). The number of nitrogens with one attached hydrogen (secondary N) is 1. The lowest BCUT2D eigenvalue weighted by Crippen LogP contribution is -2.17. The van der Waals surface area contributed by atoms with Gasteiger partial charge in [-0.15, -0.1) is 0 Å². The molecule has 0 bridgehead atoms. The molecule has 1 aromatic heterocycles. The Balaban J connectivity index is 2.05. The predicted molar refractivity (Wildman–Crippen MR) is 77.9 cm³/mol. The van der Waals surface area contributed by atoms with Gasteiger partial charge in [0.25, 0.3) is 5.56 Å². The van der Waals surface area contributed by atoms with Crippen LogP contribution in [0.25, 0.3) is 11.4 Å². The summed E-state index contributed by atoms with van der Waals surface area (Å²) in [5, 5.41) is 10.1. The van der Waals surface area contributed by atoms with E-state index in [0.717, 1.165) is 36.8 Å². The fourth-order valence-corrected chi connectivity index (χ4v) is 2.98. The Morgan fingerprint density at radius 2 is 2.05 bits per heavy atom. The molecule has 0 saturated heterocycles. The van der Waals surface area contributed by atoms with Crippen LogP contribution < -0.4 is 5.56 Å². The minimum atomic E-state index is -0.207. The number of aromatic nitrogens is 2. The third kappa shape index (κ3) is 2.33. The first-order valence-electron chi connectivity index (χ1n) is 7.05. The monoisotopic (exact) mass is 270 g/mol. The standard InChI is InChI=1S/C16H18N2O2/c1-10-5-4-8-12(9-10)14-17-15(19)13(16(20)18-14)11-6-2-3-7-11/h4-5,8-9,11H,2-3,6-7H2,1H3,(H2,17,18,19,20). The smallest absolute Gasteiger partial charge is 0.258 e. The summed E-state index contributed by atoms with van der Waals surface area (Å²) in [6.07, 6.45) is 4.15.